The van der Waals surface area contributed by atoms with Crippen molar-refractivity contribution in [2.45, 2.75) is 45.2 Å². The van der Waals surface area contributed by atoms with Crippen LogP contribution in [0.4, 0.5) is 0 Å². The first-order valence-electron chi connectivity index (χ1n) is 6.60. The second kappa shape index (κ2) is 10.9. The number of carbonyl (C=O) groups is 1. The van der Waals surface area contributed by atoms with E-state index in [9.17, 15) is 4.79 Å². The van der Waals surface area contributed by atoms with E-state index < -0.39 is 0 Å². The largest absolute Gasteiger partial charge is 1.00 e. The molecule has 1 heterocycles. The third-order valence-electron chi connectivity index (χ3n) is 2.93. The molecule has 108 valence electrons. The molecule has 0 saturated carbocycles. The highest BCUT2D eigenvalue weighted by Gasteiger charge is 2.08. The molecule has 4 nitrogen and oxygen atoms in total. The number of aliphatic hydroxyl groups excluding tert-OH is 1. The average molecular weight is 331 g/mol. The van der Waals surface area contributed by atoms with Gasteiger partial charge in [-0.05, 0) is 12.8 Å². The molecule has 0 spiro atoms. The Bertz CT molecular complexity index is 343. The lowest BCUT2D eigenvalue weighted by molar-refractivity contribution is -0.697. The third kappa shape index (κ3) is 7.95. The van der Waals surface area contributed by atoms with Crippen LogP contribution < -0.4 is 26.9 Å². The number of rotatable bonds is 8. The van der Waals surface area contributed by atoms with Crippen molar-refractivity contribution < 1.29 is 31.4 Å². The zero-order chi connectivity index (χ0) is 13.2. The second-order valence-corrected chi connectivity index (χ2v) is 4.43. The summed E-state index contributed by atoms with van der Waals surface area (Å²) in [6.45, 7) is 2.90. The quantitative estimate of drug-likeness (QED) is 0.429. The number of unbranched alkanes of at least 4 members (excludes halogenated alkanes) is 1. The van der Waals surface area contributed by atoms with Gasteiger partial charge in [-0.1, -0.05) is 13.0 Å². The molecule has 0 aliphatic rings. The summed E-state index contributed by atoms with van der Waals surface area (Å²) in [6, 6.07) is 5.89. The SMILES string of the molecule is CCC(CO)NC(=O)CCCC[n+]1ccccc1.[Br-]. The molecule has 1 aromatic rings. The first-order chi connectivity index (χ1) is 8.76. The van der Waals surface area contributed by atoms with Gasteiger partial charge in [0.1, 0.15) is 6.54 Å². The maximum absolute atomic E-state index is 11.6. The van der Waals surface area contributed by atoms with Crippen LogP contribution in [-0.4, -0.2) is 23.7 Å². The summed E-state index contributed by atoms with van der Waals surface area (Å²) in [5, 5.41) is 11.8. The zero-order valence-corrected chi connectivity index (χ0v) is 13.0. The van der Waals surface area contributed by atoms with Crippen LogP contribution in [0, 0.1) is 0 Å². The smallest absolute Gasteiger partial charge is 0.220 e. The van der Waals surface area contributed by atoms with E-state index in [-0.39, 0.29) is 35.5 Å². The zero-order valence-electron chi connectivity index (χ0n) is 11.4. The standard InChI is InChI=1S/C14H22N2O2.BrH/c1-2-13(12-17)15-14(18)8-4-7-11-16-9-5-3-6-10-16;/h3,5-6,9-10,13,17H,2,4,7-8,11-12H2,1H3;1H. The Hall–Kier alpha value is -0.940. The Kier molecular flexibility index (Phi) is 10.4. The number of carbonyl (C=O) groups excluding carboxylic acids is 1. The minimum absolute atomic E-state index is 0. The summed E-state index contributed by atoms with van der Waals surface area (Å²) in [7, 11) is 0. The Labute approximate surface area is 125 Å². The van der Waals surface area contributed by atoms with E-state index in [2.05, 4.69) is 9.88 Å². The lowest BCUT2D eigenvalue weighted by Crippen LogP contribution is -3.00. The molecule has 1 amide bonds. The van der Waals surface area contributed by atoms with E-state index in [1.165, 1.54) is 0 Å². The van der Waals surface area contributed by atoms with Crippen LogP contribution in [-0.2, 0) is 11.3 Å². The topological polar surface area (TPSA) is 53.2 Å². The van der Waals surface area contributed by atoms with E-state index in [0.717, 1.165) is 25.8 Å². The van der Waals surface area contributed by atoms with Gasteiger partial charge in [0.2, 0.25) is 5.91 Å². The number of aromatic nitrogens is 1. The number of aryl methyl sites for hydroxylation is 1. The van der Waals surface area contributed by atoms with Crippen LogP contribution >= 0.6 is 0 Å². The predicted octanol–water partition coefficient (Wildman–Crippen LogP) is -1.96. The van der Waals surface area contributed by atoms with E-state index in [0.29, 0.717) is 6.42 Å². The molecule has 0 bridgehead atoms. The molecule has 0 saturated heterocycles. The maximum Gasteiger partial charge on any atom is 0.220 e. The predicted molar refractivity (Wildman–Crippen MR) is 69.8 cm³/mol. The van der Waals surface area contributed by atoms with Gasteiger partial charge in [0, 0.05) is 25.0 Å². The van der Waals surface area contributed by atoms with Crippen LogP contribution in [0.5, 0.6) is 0 Å². The van der Waals surface area contributed by atoms with Crippen molar-refractivity contribution in [2.75, 3.05) is 6.61 Å². The average Bonchev–Trinajstić information content (AvgIpc) is 2.42. The van der Waals surface area contributed by atoms with Crippen LogP contribution in [0.15, 0.2) is 30.6 Å². The van der Waals surface area contributed by atoms with Crippen LogP contribution in [0.2, 0.25) is 0 Å². The van der Waals surface area contributed by atoms with Crippen molar-refractivity contribution in [3.63, 3.8) is 0 Å². The Morgan fingerprint density at radius 3 is 2.53 bits per heavy atom. The molecule has 0 aliphatic carbocycles. The van der Waals surface area contributed by atoms with Gasteiger partial charge in [0.25, 0.3) is 0 Å². The van der Waals surface area contributed by atoms with Gasteiger partial charge in [0.15, 0.2) is 12.4 Å². The minimum Gasteiger partial charge on any atom is -1.00 e. The van der Waals surface area contributed by atoms with Crippen molar-refractivity contribution >= 4 is 5.91 Å². The van der Waals surface area contributed by atoms with Crippen LogP contribution in [0.3, 0.4) is 0 Å². The van der Waals surface area contributed by atoms with E-state index in [4.69, 9.17) is 5.11 Å². The fraction of sp³-hybridized carbons (Fsp3) is 0.571. The fourth-order valence-electron chi connectivity index (χ4n) is 1.74. The number of amides is 1. The van der Waals surface area contributed by atoms with Gasteiger partial charge in [-0.25, -0.2) is 4.57 Å². The number of nitrogens with zero attached hydrogens (tertiary/aromatic N) is 1. The molecule has 0 aromatic carbocycles. The number of hydrogen-bond acceptors (Lipinski definition) is 2. The summed E-state index contributed by atoms with van der Waals surface area (Å²) in [6.07, 6.45) is 7.21. The molecule has 19 heavy (non-hydrogen) atoms. The molecule has 1 unspecified atom stereocenters. The minimum atomic E-state index is -0.0963. The van der Waals surface area contributed by atoms with Crippen LogP contribution in [0.1, 0.15) is 32.6 Å². The highest BCUT2D eigenvalue weighted by Crippen LogP contribution is 1.97. The van der Waals surface area contributed by atoms with Crippen molar-refractivity contribution in [3.8, 4) is 0 Å². The Morgan fingerprint density at radius 2 is 1.95 bits per heavy atom. The Balaban J connectivity index is 0.00000324. The second-order valence-electron chi connectivity index (χ2n) is 4.43. The van der Waals surface area contributed by atoms with Crippen molar-refractivity contribution in [2.24, 2.45) is 0 Å². The highest BCUT2D eigenvalue weighted by molar-refractivity contribution is 5.76. The monoisotopic (exact) mass is 330 g/mol. The van der Waals surface area contributed by atoms with Gasteiger partial charge in [-0.15, -0.1) is 0 Å². The number of halogens is 1. The Morgan fingerprint density at radius 1 is 1.26 bits per heavy atom. The lowest BCUT2D eigenvalue weighted by atomic mass is 10.2. The lowest BCUT2D eigenvalue weighted by Gasteiger charge is -2.13. The number of pyridine rings is 1. The highest BCUT2D eigenvalue weighted by atomic mass is 79.9. The van der Waals surface area contributed by atoms with Gasteiger partial charge in [-0.2, -0.15) is 0 Å². The first-order valence-corrected chi connectivity index (χ1v) is 6.60. The van der Waals surface area contributed by atoms with Crippen molar-refractivity contribution in [3.05, 3.63) is 30.6 Å². The third-order valence-corrected chi connectivity index (χ3v) is 2.93. The van der Waals surface area contributed by atoms with Gasteiger partial charge in [0.05, 0.1) is 12.6 Å². The summed E-state index contributed by atoms with van der Waals surface area (Å²) >= 11 is 0. The summed E-state index contributed by atoms with van der Waals surface area (Å²) in [5.74, 6) is 0.0361. The molecule has 0 radical (unpaired) electrons. The molecule has 2 N–H and O–H groups in total. The van der Waals surface area contributed by atoms with Crippen LogP contribution in [0.25, 0.3) is 0 Å². The summed E-state index contributed by atoms with van der Waals surface area (Å²) in [5.41, 5.74) is 0. The molecule has 0 fully saturated rings. The van der Waals surface area contributed by atoms with E-state index in [1.807, 2.05) is 37.5 Å². The number of nitrogens with one attached hydrogen (secondary N) is 1. The van der Waals surface area contributed by atoms with Gasteiger partial charge in [-0.3, -0.25) is 4.79 Å². The normalized spacial score (nSPS) is 11.5. The number of hydrogen-bond donors (Lipinski definition) is 2. The molecule has 1 rings (SSSR count). The molecular weight excluding hydrogens is 308 g/mol. The van der Waals surface area contributed by atoms with Gasteiger partial charge >= 0.3 is 0 Å². The molecule has 1 aromatic heterocycles. The first kappa shape index (κ1) is 18.1. The van der Waals surface area contributed by atoms with E-state index >= 15 is 0 Å². The maximum atomic E-state index is 11.6. The van der Waals surface area contributed by atoms with Crippen molar-refractivity contribution in [1.82, 2.24) is 5.32 Å². The van der Waals surface area contributed by atoms with E-state index in [1.54, 1.807) is 0 Å². The molecule has 0 aliphatic heterocycles. The van der Waals surface area contributed by atoms with Crippen molar-refractivity contribution in [1.29, 1.82) is 0 Å². The fourth-order valence-corrected chi connectivity index (χ4v) is 1.74. The summed E-state index contributed by atoms with van der Waals surface area (Å²) < 4.78 is 2.11. The van der Waals surface area contributed by atoms with Gasteiger partial charge < -0.3 is 27.4 Å². The molecule has 1 atom stereocenters. The molecular formula is C14H23BrN2O2. The number of aliphatic hydroxyl groups is 1. The summed E-state index contributed by atoms with van der Waals surface area (Å²) in [4.78, 5) is 11.6. The molecule has 5 heteroatoms.